The van der Waals surface area contributed by atoms with E-state index >= 15 is 0 Å². The third-order valence-electron chi connectivity index (χ3n) is 3.93. The smallest absolute Gasteiger partial charge is 0.123 e. The zero-order valence-corrected chi connectivity index (χ0v) is 10.2. The molecule has 0 amide bonds. The minimum Gasteiger partial charge on any atom is -0.384 e. The third-order valence-corrected chi connectivity index (χ3v) is 3.93. The molecule has 2 rings (SSSR count). The molecule has 1 fully saturated rings. The van der Waals surface area contributed by atoms with Crippen LogP contribution >= 0.6 is 0 Å². The Balaban J connectivity index is 2.02. The van der Waals surface area contributed by atoms with Gasteiger partial charge >= 0.3 is 0 Å². The summed E-state index contributed by atoms with van der Waals surface area (Å²) < 4.78 is 0. The highest BCUT2D eigenvalue weighted by Crippen LogP contribution is 2.34. The van der Waals surface area contributed by atoms with Crippen molar-refractivity contribution in [3.05, 3.63) is 23.9 Å². The van der Waals surface area contributed by atoms with Crippen molar-refractivity contribution in [2.24, 2.45) is 11.8 Å². The number of hydrogen-bond donors (Lipinski definition) is 1. The van der Waals surface area contributed by atoms with Crippen molar-refractivity contribution in [1.82, 2.24) is 4.98 Å². The van der Waals surface area contributed by atoms with E-state index in [4.69, 9.17) is 5.73 Å². The first-order chi connectivity index (χ1) is 7.79. The number of nitrogens with two attached hydrogens (primary N) is 1. The summed E-state index contributed by atoms with van der Waals surface area (Å²) in [6.45, 7) is 2.32. The lowest BCUT2D eigenvalue weighted by Gasteiger charge is -2.31. The van der Waals surface area contributed by atoms with E-state index in [1.165, 1.54) is 44.1 Å². The van der Waals surface area contributed by atoms with Crippen molar-refractivity contribution < 1.29 is 0 Å². The molecule has 88 valence electrons. The van der Waals surface area contributed by atoms with Gasteiger partial charge in [-0.25, -0.2) is 4.98 Å². The number of anilines is 1. The van der Waals surface area contributed by atoms with Crippen LogP contribution in [0.3, 0.4) is 0 Å². The van der Waals surface area contributed by atoms with Crippen molar-refractivity contribution >= 4 is 5.82 Å². The van der Waals surface area contributed by atoms with Crippen LogP contribution in [0, 0.1) is 11.8 Å². The molecule has 0 saturated heterocycles. The highest BCUT2D eigenvalue weighted by Gasteiger charge is 2.23. The van der Waals surface area contributed by atoms with Crippen LogP contribution in [0.15, 0.2) is 18.3 Å². The molecule has 0 bridgehead atoms. The largest absolute Gasteiger partial charge is 0.384 e. The fraction of sp³-hybridized carbons (Fsp3) is 0.643. The van der Waals surface area contributed by atoms with E-state index in [-0.39, 0.29) is 0 Å². The first kappa shape index (κ1) is 11.4. The summed E-state index contributed by atoms with van der Waals surface area (Å²) in [4.78, 5) is 4.05. The molecule has 1 aromatic heterocycles. The molecule has 0 radical (unpaired) electrons. The number of nitrogens with zero attached hydrogens (tertiary/aromatic N) is 1. The van der Waals surface area contributed by atoms with E-state index < -0.39 is 0 Å². The van der Waals surface area contributed by atoms with E-state index in [0.717, 1.165) is 11.8 Å². The number of rotatable bonds is 3. The molecule has 2 N–H and O–H groups in total. The normalized spacial score (nSPS) is 25.6. The molecule has 2 heteroatoms. The molecule has 1 aliphatic carbocycles. The summed E-state index contributed by atoms with van der Waals surface area (Å²) in [7, 11) is 0. The van der Waals surface area contributed by atoms with Crippen LogP contribution in [0.5, 0.6) is 0 Å². The maximum atomic E-state index is 5.72. The Bertz CT molecular complexity index is 335. The zero-order valence-electron chi connectivity index (χ0n) is 10.2. The topological polar surface area (TPSA) is 38.9 Å². The van der Waals surface area contributed by atoms with Gasteiger partial charge in [-0.15, -0.1) is 0 Å². The Morgan fingerprint density at radius 1 is 1.31 bits per heavy atom. The highest BCUT2D eigenvalue weighted by molar-refractivity contribution is 5.32. The zero-order chi connectivity index (χ0) is 11.4. The molecule has 2 atom stereocenters. The predicted octanol–water partition coefficient (Wildman–Crippen LogP) is 3.42. The average molecular weight is 218 g/mol. The Morgan fingerprint density at radius 3 is 2.75 bits per heavy atom. The second-order valence-electron chi connectivity index (χ2n) is 5.01. The first-order valence-electron chi connectivity index (χ1n) is 6.50. The molecule has 1 heterocycles. The van der Waals surface area contributed by atoms with Gasteiger partial charge in [0, 0.05) is 6.20 Å². The van der Waals surface area contributed by atoms with Gasteiger partial charge in [-0.2, -0.15) is 0 Å². The molecule has 2 unspecified atom stereocenters. The van der Waals surface area contributed by atoms with Crippen molar-refractivity contribution in [2.75, 3.05) is 5.73 Å². The summed E-state index contributed by atoms with van der Waals surface area (Å²) in [5.41, 5.74) is 7.08. The molecular formula is C14H22N2. The first-order valence-corrected chi connectivity index (χ1v) is 6.50. The van der Waals surface area contributed by atoms with E-state index in [2.05, 4.69) is 18.0 Å². The SMILES string of the molecule is CCC1CCCCC1Cc1ccnc(N)c1. The Labute approximate surface area is 98.3 Å². The van der Waals surface area contributed by atoms with Crippen LogP contribution in [0.25, 0.3) is 0 Å². The fourth-order valence-electron chi connectivity index (χ4n) is 3.01. The van der Waals surface area contributed by atoms with Crippen molar-refractivity contribution in [1.29, 1.82) is 0 Å². The lowest BCUT2D eigenvalue weighted by molar-refractivity contribution is 0.229. The Kier molecular flexibility index (Phi) is 3.81. The molecule has 1 saturated carbocycles. The third kappa shape index (κ3) is 2.75. The summed E-state index contributed by atoms with van der Waals surface area (Å²) in [6, 6.07) is 4.14. The summed E-state index contributed by atoms with van der Waals surface area (Å²) in [5.74, 6) is 2.44. The van der Waals surface area contributed by atoms with E-state index in [1.54, 1.807) is 0 Å². The number of pyridine rings is 1. The monoisotopic (exact) mass is 218 g/mol. The van der Waals surface area contributed by atoms with Gasteiger partial charge in [0.05, 0.1) is 0 Å². The number of hydrogen-bond acceptors (Lipinski definition) is 2. The van der Waals surface area contributed by atoms with Gasteiger partial charge < -0.3 is 5.73 Å². The van der Waals surface area contributed by atoms with Crippen LogP contribution in [0.2, 0.25) is 0 Å². The summed E-state index contributed by atoms with van der Waals surface area (Å²) in [5, 5.41) is 0. The summed E-state index contributed by atoms with van der Waals surface area (Å²) in [6.07, 6.45) is 9.97. The summed E-state index contributed by atoms with van der Waals surface area (Å²) >= 11 is 0. The molecule has 0 spiro atoms. The minimum absolute atomic E-state index is 0.654. The fourth-order valence-corrected chi connectivity index (χ4v) is 3.01. The van der Waals surface area contributed by atoms with Gasteiger partial charge in [-0.1, -0.05) is 32.6 Å². The van der Waals surface area contributed by atoms with Crippen LogP contribution in [-0.4, -0.2) is 4.98 Å². The van der Waals surface area contributed by atoms with Gasteiger partial charge in [0.25, 0.3) is 0 Å². The number of nitrogen functional groups attached to an aromatic ring is 1. The van der Waals surface area contributed by atoms with Gasteiger partial charge in [0.15, 0.2) is 0 Å². The Hall–Kier alpha value is -1.05. The molecule has 2 nitrogen and oxygen atoms in total. The average Bonchev–Trinajstić information content (AvgIpc) is 2.30. The highest BCUT2D eigenvalue weighted by atomic mass is 14.8. The molecule has 16 heavy (non-hydrogen) atoms. The van der Waals surface area contributed by atoms with Crippen molar-refractivity contribution in [3.63, 3.8) is 0 Å². The maximum absolute atomic E-state index is 5.72. The lowest BCUT2D eigenvalue weighted by atomic mass is 9.75. The molecule has 0 aliphatic heterocycles. The van der Waals surface area contributed by atoms with Crippen LogP contribution in [0.4, 0.5) is 5.82 Å². The van der Waals surface area contributed by atoms with Crippen LogP contribution in [-0.2, 0) is 6.42 Å². The molecular weight excluding hydrogens is 196 g/mol. The van der Waals surface area contributed by atoms with Gasteiger partial charge in [-0.3, -0.25) is 0 Å². The van der Waals surface area contributed by atoms with Gasteiger partial charge in [-0.05, 0) is 42.4 Å². The maximum Gasteiger partial charge on any atom is 0.123 e. The molecule has 1 aromatic rings. The van der Waals surface area contributed by atoms with Gasteiger partial charge in [0.1, 0.15) is 5.82 Å². The minimum atomic E-state index is 0.654. The van der Waals surface area contributed by atoms with Gasteiger partial charge in [0.2, 0.25) is 0 Å². The van der Waals surface area contributed by atoms with E-state index in [0.29, 0.717) is 5.82 Å². The van der Waals surface area contributed by atoms with Crippen molar-refractivity contribution in [2.45, 2.75) is 45.4 Å². The molecule has 1 aliphatic rings. The van der Waals surface area contributed by atoms with Crippen LogP contribution in [0.1, 0.15) is 44.6 Å². The predicted molar refractivity (Wildman–Crippen MR) is 68.1 cm³/mol. The second-order valence-corrected chi connectivity index (χ2v) is 5.01. The van der Waals surface area contributed by atoms with Crippen molar-refractivity contribution in [3.8, 4) is 0 Å². The Morgan fingerprint density at radius 2 is 2.06 bits per heavy atom. The molecule has 0 aromatic carbocycles. The van der Waals surface area contributed by atoms with E-state index in [1.807, 2.05) is 12.3 Å². The quantitative estimate of drug-likeness (QED) is 0.844. The number of aromatic nitrogens is 1. The van der Waals surface area contributed by atoms with E-state index in [9.17, 15) is 0 Å². The van der Waals surface area contributed by atoms with Crippen LogP contribution < -0.4 is 5.73 Å². The lowest BCUT2D eigenvalue weighted by Crippen LogP contribution is -2.21. The second kappa shape index (κ2) is 5.33. The standard InChI is InChI=1S/C14H22N2/c1-2-12-5-3-4-6-13(12)9-11-7-8-16-14(15)10-11/h7-8,10,12-13H,2-6,9H2,1H3,(H2,15,16).